The lowest BCUT2D eigenvalue weighted by atomic mass is 10.0. The standard InChI is InChI=1S/C24H27N5O/c1-18-27-22(17-23(28-18)29-15-5-6-16-29)25-13-14-26-24(30)21-11-9-20(10-12-21)19-7-3-2-4-8-19/h2-4,7-12,17H,5-6,13-16H2,1H3,(H,26,30)(H,25,27,28). The van der Waals surface area contributed by atoms with Crippen molar-refractivity contribution in [2.45, 2.75) is 19.8 Å². The molecule has 0 spiro atoms. The summed E-state index contributed by atoms with van der Waals surface area (Å²) in [7, 11) is 0. The zero-order valence-corrected chi connectivity index (χ0v) is 17.3. The van der Waals surface area contributed by atoms with Crippen LogP contribution in [0.2, 0.25) is 0 Å². The fourth-order valence-electron chi connectivity index (χ4n) is 3.66. The van der Waals surface area contributed by atoms with Gasteiger partial charge in [0, 0.05) is 37.8 Å². The van der Waals surface area contributed by atoms with Crippen LogP contribution in [0.5, 0.6) is 0 Å². The molecule has 30 heavy (non-hydrogen) atoms. The van der Waals surface area contributed by atoms with Crippen LogP contribution in [0, 0.1) is 6.92 Å². The summed E-state index contributed by atoms with van der Waals surface area (Å²) in [5.41, 5.74) is 2.90. The highest BCUT2D eigenvalue weighted by atomic mass is 16.1. The minimum atomic E-state index is -0.0759. The summed E-state index contributed by atoms with van der Waals surface area (Å²) in [5, 5.41) is 6.25. The normalized spacial score (nSPS) is 13.3. The van der Waals surface area contributed by atoms with Gasteiger partial charge in [0.1, 0.15) is 17.5 Å². The topological polar surface area (TPSA) is 70.2 Å². The van der Waals surface area contributed by atoms with Gasteiger partial charge in [-0.3, -0.25) is 4.79 Å². The third kappa shape index (κ3) is 4.95. The highest BCUT2D eigenvalue weighted by molar-refractivity contribution is 5.94. The first-order valence-corrected chi connectivity index (χ1v) is 10.5. The first-order valence-electron chi connectivity index (χ1n) is 10.5. The molecule has 1 fully saturated rings. The van der Waals surface area contributed by atoms with E-state index < -0.39 is 0 Å². The smallest absolute Gasteiger partial charge is 0.251 e. The fraction of sp³-hybridized carbons (Fsp3) is 0.292. The molecule has 3 aromatic rings. The van der Waals surface area contributed by atoms with E-state index in [4.69, 9.17) is 0 Å². The number of amides is 1. The van der Waals surface area contributed by atoms with Crippen molar-refractivity contribution < 1.29 is 4.79 Å². The quantitative estimate of drug-likeness (QED) is 0.588. The van der Waals surface area contributed by atoms with E-state index in [1.807, 2.05) is 55.5 Å². The molecule has 1 aliphatic heterocycles. The number of carbonyl (C=O) groups excluding carboxylic acids is 1. The first kappa shape index (κ1) is 19.9. The molecule has 6 nitrogen and oxygen atoms in total. The van der Waals surface area contributed by atoms with Gasteiger partial charge in [0.2, 0.25) is 0 Å². The molecule has 2 heterocycles. The molecule has 1 saturated heterocycles. The van der Waals surface area contributed by atoms with Gasteiger partial charge in [-0.2, -0.15) is 0 Å². The monoisotopic (exact) mass is 401 g/mol. The second-order valence-electron chi connectivity index (χ2n) is 7.48. The first-order chi connectivity index (χ1) is 14.7. The van der Waals surface area contributed by atoms with Gasteiger partial charge in [-0.15, -0.1) is 0 Å². The minimum absolute atomic E-state index is 0.0759. The number of nitrogens with zero attached hydrogens (tertiary/aromatic N) is 3. The van der Waals surface area contributed by atoms with E-state index in [2.05, 4.69) is 37.6 Å². The third-order valence-electron chi connectivity index (χ3n) is 5.23. The van der Waals surface area contributed by atoms with Crippen LogP contribution in [0.3, 0.4) is 0 Å². The fourth-order valence-corrected chi connectivity index (χ4v) is 3.66. The molecule has 4 rings (SSSR count). The zero-order chi connectivity index (χ0) is 20.8. The van der Waals surface area contributed by atoms with Crippen molar-refractivity contribution in [2.75, 3.05) is 36.4 Å². The molecule has 0 unspecified atom stereocenters. The summed E-state index contributed by atoms with van der Waals surface area (Å²) in [6.07, 6.45) is 2.42. The molecule has 0 radical (unpaired) electrons. The van der Waals surface area contributed by atoms with E-state index in [-0.39, 0.29) is 5.91 Å². The maximum atomic E-state index is 12.4. The van der Waals surface area contributed by atoms with Crippen molar-refractivity contribution >= 4 is 17.5 Å². The summed E-state index contributed by atoms with van der Waals surface area (Å²) in [5.74, 6) is 2.45. The molecule has 0 saturated carbocycles. The number of hydrogen-bond acceptors (Lipinski definition) is 5. The summed E-state index contributed by atoms with van der Waals surface area (Å²) < 4.78 is 0. The Hall–Kier alpha value is -3.41. The van der Waals surface area contributed by atoms with Crippen LogP contribution in [0.4, 0.5) is 11.6 Å². The average molecular weight is 402 g/mol. The zero-order valence-electron chi connectivity index (χ0n) is 17.3. The van der Waals surface area contributed by atoms with Crippen LogP contribution >= 0.6 is 0 Å². The number of anilines is 2. The maximum Gasteiger partial charge on any atom is 0.251 e. The number of hydrogen-bond donors (Lipinski definition) is 2. The number of benzene rings is 2. The van der Waals surface area contributed by atoms with Crippen LogP contribution < -0.4 is 15.5 Å². The van der Waals surface area contributed by atoms with Crippen molar-refractivity contribution in [3.05, 3.63) is 72.1 Å². The van der Waals surface area contributed by atoms with Crippen molar-refractivity contribution in [1.82, 2.24) is 15.3 Å². The van der Waals surface area contributed by atoms with Gasteiger partial charge in [0.05, 0.1) is 0 Å². The molecule has 2 N–H and O–H groups in total. The Morgan fingerprint density at radius 2 is 1.63 bits per heavy atom. The van der Waals surface area contributed by atoms with Gasteiger partial charge in [-0.1, -0.05) is 42.5 Å². The average Bonchev–Trinajstić information content (AvgIpc) is 3.32. The van der Waals surface area contributed by atoms with Crippen molar-refractivity contribution in [2.24, 2.45) is 0 Å². The van der Waals surface area contributed by atoms with E-state index in [0.717, 1.165) is 41.7 Å². The predicted octanol–water partition coefficient (Wildman–Crippen LogP) is 3.89. The van der Waals surface area contributed by atoms with Crippen molar-refractivity contribution in [1.29, 1.82) is 0 Å². The van der Waals surface area contributed by atoms with Crippen LogP contribution in [0.15, 0.2) is 60.7 Å². The molecule has 1 amide bonds. The van der Waals surface area contributed by atoms with Gasteiger partial charge in [-0.25, -0.2) is 9.97 Å². The Kier molecular flexibility index (Phi) is 6.23. The third-order valence-corrected chi connectivity index (χ3v) is 5.23. The van der Waals surface area contributed by atoms with Gasteiger partial charge in [0.25, 0.3) is 5.91 Å². The molecule has 154 valence electrons. The Bertz CT molecular complexity index is 982. The Balaban J connectivity index is 1.28. The van der Waals surface area contributed by atoms with Crippen molar-refractivity contribution in [3.8, 4) is 11.1 Å². The highest BCUT2D eigenvalue weighted by Crippen LogP contribution is 2.21. The summed E-state index contributed by atoms with van der Waals surface area (Å²) in [6, 6.07) is 19.8. The molecule has 0 aliphatic carbocycles. The SMILES string of the molecule is Cc1nc(NCCNC(=O)c2ccc(-c3ccccc3)cc2)cc(N2CCCC2)n1. The minimum Gasteiger partial charge on any atom is -0.368 e. The molecule has 1 aromatic heterocycles. The highest BCUT2D eigenvalue weighted by Gasteiger charge is 2.15. The van der Waals surface area contributed by atoms with Crippen LogP contribution in [-0.2, 0) is 0 Å². The predicted molar refractivity (Wildman–Crippen MR) is 121 cm³/mol. The molecular weight excluding hydrogens is 374 g/mol. The van der Waals surface area contributed by atoms with E-state index in [1.165, 1.54) is 12.8 Å². The summed E-state index contributed by atoms with van der Waals surface area (Å²) >= 11 is 0. The number of carbonyl (C=O) groups is 1. The molecule has 2 aromatic carbocycles. The largest absolute Gasteiger partial charge is 0.368 e. The lowest BCUT2D eigenvalue weighted by molar-refractivity contribution is 0.0955. The molecule has 1 aliphatic rings. The van der Waals surface area contributed by atoms with Gasteiger partial charge < -0.3 is 15.5 Å². The van der Waals surface area contributed by atoms with E-state index in [9.17, 15) is 4.79 Å². The molecular formula is C24H27N5O. The maximum absolute atomic E-state index is 12.4. The van der Waals surface area contributed by atoms with Gasteiger partial charge in [0.15, 0.2) is 0 Å². The van der Waals surface area contributed by atoms with E-state index in [1.54, 1.807) is 0 Å². The van der Waals surface area contributed by atoms with Crippen LogP contribution in [0.25, 0.3) is 11.1 Å². The van der Waals surface area contributed by atoms with Crippen molar-refractivity contribution in [3.63, 3.8) is 0 Å². The number of nitrogens with one attached hydrogen (secondary N) is 2. The number of rotatable bonds is 7. The summed E-state index contributed by atoms with van der Waals surface area (Å²) in [6.45, 7) is 5.13. The second kappa shape index (κ2) is 9.39. The lowest BCUT2D eigenvalue weighted by Crippen LogP contribution is -2.29. The van der Waals surface area contributed by atoms with Crippen LogP contribution in [-0.4, -0.2) is 42.1 Å². The number of aromatic nitrogens is 2. The Morgan fingerprint density at radius 3 is 2.37 bits per heavy atom. The molecule has 6 heteroatoms. The second-order valence-corrected chi connectivity index (χ2v) is 7.48. The Morgan fingerprint density at radius 1 is 0.933 bits per heavy atom. The van der Waals surface area contributed by atoms with E-state index >= 15 is 0 Å². The Labute approximate surface area is 177 Å². The van der Waals surface area contributed by atoms with Crippen LogP contribution in [0.1, 0.15) is 29.0 Å². The lowest BCUT2D eigenvalue weighted by Gasteiger charge is -2.17. The summed E-state index contributed by atoms with van der Waals surface area (Å²) in [4.78, 5) is 23.7. The van der Waals surface area contributed by atoms with E-state index in [0.29, 0.717) is 18.7 Å². The number of aryl methyl sites for hydroxylation is 1. The van der Waals surface area contributed by atoms with Gasteiger partial charge in [-0.05, 0) is 43.0 Å². The van der Waals surface area contributed by atoms with Gasteiger partial charge >= 0.3 is 0 Å². The molecule has 0 bridgehead atoms. The molecule has 0 atom stereocenters.